The molecular formula is C54H46N2. The molecule has 0 aliphatic heterocycles. The highest BCUT2D eigenvalue weighted by atomic mass is 15.2. The molecule has 0 saturated carbocycles. The Hall–Kier alpha value is -6.38. The van der Waals surface area contributed by atoms with Gasteiger partial charge in [0.25, 0.3) is 0 Å². The van der Waals surface area contributed by atoms with Crippen molar-refractivity contribution in [3.8, 4) is 0 Å². The number of allylic oxidation sites excluding steroid dienone is 9. The van der Waals surface area contributed by atoms with E-state index >= 15 is 0 Å². The quantitative estimate of drug-likeness (QED) is 0.154. The molecule has 0 fully saturated rings. The molecule has 272 valence electrons. The second kappa shape index (κ2) is 15.0. The zero-order valence-corrected chi connectivity index (χ0v) is 31.8. The van der Waals surface area contributed by atoms with Crippen molar-refractivity contribution in [3.05, 3.63) is 221 Å². The SMILES string of the molecule is C1=CC2=C(C=CC(N(C3=CCC(/C=C/c4ccc(N(C5=Cc6ccccc6CC5)c5ccc6ccccc6c5)cc4)C=C3)c3ccc4ccccc4c3)C2)CC1. The van der Waals surface area contributed by atoms with E-state index < -0.39 is 0 Å². The molecule has 0 heterocycles. The van der Waals surface area contributed by atoms with Gasteiger partial charge in [0.2, 0.25) is 0 Å². The van der Waals surface area contributed by atoms with Gasteiger partial charge in [-0.25, -0.2) is 0 Å². The zero-order chi connectivity index (χ0) is 37.3. The summed E-state index contributed by atoms with van der Waals surface area (Å²) < 4.78 is 0. The summed E-state index contributed by atoms with van der Waals surface area (Å²) in [5, 5.41) is 5.08. The first-order valence-electron chi connectivity index (χ1n) is 20.3. The summed E-state index contributed by atoms with van der Waals surface area (Å²) in [6.07, 6.45) is 30.1. The summed E-state index contributed by atoms with van der Waals surface area (Å²) in [6, 6.07) is 49.3. The molecule has 0 saturated heterocycles. The molecule has 0 N–H and O–H groups in total. The van der Waals surface area contributed by atoms with Gasteiger partial charge >= 0.3 is 0 Å². The molecular weight excluding hydrogens is 677 g/mol. The molecule has 6 aromatic rings. The molecule has 4 aliphatic rings. The van der Waals surface area contributed by atoms with Gasteiger partial charge in [-0.1, -0.05) is 146 Å². The van der Waals surface area contributed by atoms with Crippen LogP contribution in [0.25, 0.3) is 33.7 Å². The molecule has 2 atom stereocenters. The van der Waals surface area contributed by atoms with Gasteiger partial charge in [-0.3, -0.25) is 0 Å². The van der Waals surface area contributed by atoms with Crippen molar-refractivity contribution in [2.75, 3.05) is 9.80 Å². The Morgan fingerprint density at radius 1 is 0.571 bits per heavy atom. The zero-order valence-electron chi connectivity index (χ0n) is 31.8. The predicted molar refractivity (Wildman–Crippen MR) is 239 cm³/mol. The fourth-order valence-corrected chi connectivity index (χ4v) is 8.98. The average molecular weight is 723 g/mol. The van der Waals surface area contributed by atoms with Gasteiger partial charge in [-0.05, 0) is 142 Å². The maximum atomic E-state index is 2.56. The Morgan fingerprint density at radius 2 is 1.29 bits per heavy atom. The van der Waals surface area contributed by atoms with Crippen LogP contribution in [-0.2, 0) is 6.42 Å². The number of nitrogens with zero attached hydrogens (tertiary/aromatic N) is 2. The molecule has 0 radical (unpaired) electrons. The third-order valence-electron chi connectivity index (χ3n) is 12.0. The Balaban J connectivity index is 0.895. The molecule has 2 unspecified atom stereocenters. The number of hydrogen-bond donors (Lipinski definition) is 0. The smallest absolute Gasteiger partial charge is 0.0565 e. The number of anilines is 3. The van der Waals surface area contributed by atoms with E-state index in [0.29, 0.717) is 5.92 Å². The van der Waals surface area contributed by atoms with E-state index in [1.54, 1.807) is 0 Å². The number of fused-ring (bicyclic) bond motifs is 3. The fourth-order valence-electron chi connectivity index (χ4n) is 8.98. The lowest BCUT2D eigenvalue weighted by atomic mass is 9.87. The Labute approximate surface area is 331 Å². The molecule has 0 spiro atoms. The van der Waals surface area contributed by atoms with Gasteiger partial charge in [0.05, 0.1) is 6.04 Å². The van der Waals surface area contributed by atoms with Crippen LogP contribution in [0.4, 0.5) is 17.1 Å². The summed E-state index contributed by atoms with van der Waals surface area (Å²) in [5.74, 6) is 0.343. The Morgan fingerprint density at radius 3 is 2.07 bits per heavy atom. The first-order valence-corrected chi connectivity index (χ1v) is 20.3. The van der Waals surface area contributed by atoms with E-state index in [1.165, 1.54) is 77.8 Å². The van der Waals surface area contributed by atoms with Crippen molar-refractivity contribution in [2.24, 2.45) is 5.92 Å². The van der Waals surface area contributed by atoms with Gasteiger partial charge in [-0.2, -0.15) is 0 Å². The van der Waals surface area contributed by atoms with Crippen molar-refractivity contribution >= 4 is 50.8 Å². The lowest BCUT2D eigenvalue weighted by Crippen LogP contribution is -2.35. The highest BCUT2D eigenvalue weighted by Crippen LogP contribution is 2.39. The van der Waals surface area contributed by atoms with Crippen LogP contribution in [0.15, 0.2) is 205 Å². The molecule has 0 bridgehead atoms. The maximum Gasteiger partial charge on any atom is 0.0565 e. The number of rotatable bonds is 8. The minimum absolute atomic E-state index is 0.271. The summed E-state index contributed by atoms with van der Waals surface area (Å²) in [6.45, 7) is 0. The second-order valence-corrected chi connectivity index (χ2v) is 15.6. The molecule has 56 heavy (non-hydrogen) atoms. The molecule has 2 heteroatoms. The van der Waals surface area contributed by atoms with E-state index in [-0.39, 0.29) is 6.04 Å². The fraction of sp³-hybridized carbons (Fsp3) is 0.148. The number of hydrogen-bond acceptors (Lipinski definition) is 2. The Kier molecular flexibility index (Phi) is 9.17. The van der Waals surface area contributed by atoms with Crippen LogP contribution in [-0.4, -0.2) is 6.04 Å². The topological polar surface area (TPSA) is 6.48 Å². The van der Waals surface area contributed by atoms with E-state index in [0.717, 1.165) is 38.5 Å². The summed E-state index contributed by atoms with van der Waals surface area (Å²) >= 11 is 0. The van der Waals surface area contributed by atoms with E-state index in [1.807, 2.05) is 0 Å². The Bertz CT molecular complexity index is 2660. The van der Waals surface area contributed by atoms with Crippen LogP contribution in [0.5, 0.6) is 0 Å². The number of benzene rings is 6. The van der Waals surface area contributed by atoms with Crippen molar-refractivity contribution in [1.29, 1.82) is 0 Å². The monoisotopic (exact) mass is 722 g/mol. The van der Waals surface area contributed by atoms with E-state index in [9.17, 15) is 0 Å². The number of aryl methyl sites for hydroxylation is 1. The van der Waals surface area contributed by atoms with Crippen LogP contribution in [0, 0.1) is 5.92 Å². The highest BCUT2D eigenvalue weighted by Gasteiger charge is 2.26. The van der Waals surface area contributed by atoms with E-state index in [2.05, 4.69) is 204 Å². The van der Waals surface area contributed by atoms with Gasteiger partial charge in [0.15, 0.2) is 0 Å². The molecule has 6 aromatic carbocycles. The van der Waals surface area contributed by atoms with Gasteiger partial charge < -0.3 is 9.80 Å². The van der Waals surface area contributed by atoms with Crippen LogP contribution >= 0.6 is 0 Å². The van der Waals surface area contributed by atoms with Crippen molar-refractivity contribution in [2.45, 2.75) is 44.6 Å². The van der Waals surface area contributed by atoms with Crippen LogP contribution in [0.1, 0.15) is 48.8 Å². The van der Waals surface area contributed by atoms with Gasteiger partial charge in [-0.15, -0.1) is 0 Å². The largest absolute Gasteiger partial charge is 0.334 e. The lowest BCUT2D eigenvalue weighted by molar-refractivity contribution is 0.714. The molecule has 10 rings (SSSR count). The van der Waals surface area contributed by atoms with Crippen molar-refractivity contribution in [1.82, 2.24) is 0 Å². The highest BCUT2D eigenvalue weighted by molar-refractivity contribution is 5.89. The van der Waals surface area contributed by atoms with Gasteiger partial charge in [0.1, 0.15) is 0 Å². The second-order valence-electron chi connectivity index (χ2n) is 15.6. The van der Waals surface area contributed by atoms with Crippen molar-refractivity contribution < 1.29 is 0 Å². The summed E-state index contributed by atoms with van der Waals surface area (Å²) in [4.78, 5) is 5.02. The third kappa shape index (κ3) is 6.88. The van der Waals surface area contributed by atoms with Crippen LogP contribution in [0.2, 0.25) is 0 Å². The first-order chi connectivity index (χ1) is 27.7. The average Bonchev–Trinajstić information content (AvgIpc) is 3.26. The molecule has 4 aliphatic carbocycles. The normalized spacial score (nSPS) is 18.9. The third-order valence-corrected chi connectivity index (χ3v) is 12.0. The minimum Gasteiger partial charge on any atom is -0.334 e. The molecule has 0 amide bonds. The first kappa shape index (κ1) is 34.1. The summed E-state index contributed by atoms with van der Waals surface area (Å²) in [5.41, 5.74) is 13.2. The maximum absolute atomic E-state index is 2.56. The van der Waals surface area contributed by atoms with E-state index in [4.69, 9.17) is 0 Å². The standard InChI is InChI=1S/C54H46N2/c1-5-13-45-35-51(31-23-41(45)9-1)55(52-32-24-42-10-2-6-14-46(42)36-52)49-27-19-39(20-28-49)17-18-40-21-29-50(30-22-40)56(53-33-25-43-11-3-7-15-47(43)37-53)54-34-26-44-12-4-8-16-48(44)38-54/h1-3,5-11,13-21,23,25-31,33-37,40,54H,4,12,22,24,32,38H2/b18-17+. The summed E-state index contributed by atoms with van der Waals surface area (Å²) in [7, 11) is 0. The van der Waals surface area contributed by atoms with Gasteiger partial charge in [0, 0.05) is 28.5 Å². The van der Waals surface area contributed by atoms with Crippen LogP contribution < -0.4 is 9.80 Å². The lowest BCUT2D eigenvalue weighted by Gasteiger charge is -2.37. The molecule has 0 aromatic heterocycles. The van der Waals surface area contributed by atoms with Crippen molar-refractivity contribution in [3.63, 3.8) is 0 Å². The predicted octanol–water partition coefficient (Wildman–Crippen LogP) is 14.1. The van der Waals surface area contributed by atoms with Crippen LogP contribution in [0.3, 0.4) is 0 Å². The minimum atomic E-state index is 0.271. The molecule has 2 nitrogen and oxygen atoms in total.